The van der Waals surface area contributed by atoms with Gasteiger partial charge >= 0.3 is 0 Å². The summed E-state index contributed by atoms with van der Waals surface area (Å²) in [6.07, 6.45) is 3.20. The molecule has 4 N–H and O–H groups in total. The molecule has 146 valence electrons. The van der Waals surface area contributed by atoms with Crippen LogP contribution in [-0.4, -0.2) is 22.6 Å². The van der Waals surface area contributed by atoms with Crippen molar-refractivity contribution < 1.29 is 6.21 Å². The Morgan fingerprint density at radius 2 is 1.97 bits per heavy atom. The first-order chi connectivity index (χ1) is 14.1. The number of aromatic nitrogens is 1. The van der Waals surface area contributed by atoms with Gasteiger partial charge in [-0.1, -0.05) is 48.0 Å². The molecule has 0 saturated carbocycles. The van der Waals surface area contributed by atoms with Crippen LogP contribution in [0.5, 0.6) is 0 Å². The van der Waals surface area contributed by atoms with Gasteiger partial charge in [0.05, 0.1) is 11.7 Å². The van der Waals surface area contributed by atoms with E-state index in [9.17, 15) is 4.79 Å². The zero-order chi connectivity index (χ0) is 20.4. The molecule has 0 bridgehead atoms. The number of carbonyl (C=O) groups excluding carboxylic acids is 1. The minimum absolute atomic E-state index is 0. The second kappa shape index (κ2) is 8.34. The molecule has 0 atom stereocenters. The molecule has 0 amide bonds. The summed E-state index contributed by atoms with van der Waals surface area (Å²) in [5.41, 5.74) is 9.82. The zero-order valence-electron chi connectivity index (χ0n) is 16.0. The van der Waals surface area contributed by atoms with E-state index in [1.807, 2.05) is 42.5 Å². The highest BCUT2D eigenvalue weighted by atomic mass is 35.5. The number of hydrogen-bond acceptors (Lipinski definition) is 3. The molecule has 1 aromatic heterocycles. The van der Waals surface area contributed by atoms with Crippen LogP contribution in [-0.2, 0) is 0 Å². The van der Waals surface area contributed by atoms with Crippen LogP contribution in [0.1, 0.15) is 15.9 Å². The molecule has 0 aliphatic carbocycles. The van der Waals surface area contributed by atoms with Crippen molar-refractivity contribution in [3.8, 4) is 0 Å². The zero-order valence-corrected chi connectivity index (χ0v) is 16.6. The van der Waals surface area contributed by atoms with Crippen molar-refractivity contribution in [1.82, 2.24) is 9.99 Å². The summed E-state index contributed by atoms with van der Waals surface area (Å²) in [5, 5.41) is 10.2. The van der Waals surface area contributed by atoms with Crippen molar-refractivity contribution in [2.24, 2.45) is 10.8 Å². The van der Waals surface area contributed by atoms with E-state index in [1.165, 1.54) is 6.21 Å². The van der Waals surface area contributed by atoms with Crippen LogP contribution >= 0.6 is 24.0 Å². The Balaban J connectivity index is 0.00000256. The fraction of sp³-hybridized carbons (Fsp3) is 0. The first-order valence-electron chi connectivity index (χ1n) is 8.93. The van der Waals surface area contributed by atoms with Gasteiger partial charge in [-0.25, -0.2) is 5.43 Å². The van der Waals surface area contributed by atoms with E-state index in [0.29, 0.717) is 21.7 Å². The number of nitrogens with one attached hydrogen (secondary N) is 2. The second-order valence-corrected chi connectivity index (χ2v) is 6.64. The average Bonchev–Trinajstić information content (AvgIpc) is 3.10. The summed E-state index contributed by atoms with van der Waals surface area (Å²) in [6.45, 7) is 0. The van der Waals surface area contributed by atoms with E-state index in [1.54, 1.807) is 29.0 Å². The Morgan fingerprint density at radius 1 is 1.17 bits per heavy atom. The molecule has 4 aromatic rings. The van der Waals surface area contributed by atoms with Crippen LogP contribution in [0, 0.1) is 5.40 Å². The number of fused-ring (bicyclic) bond motifs is 2. The Kier molecular flexibility index (Phi) is 5.46. The van der Waals surface area contributed by atoms with Crippen molar-refractivity contribution in [1.29, 1.82) is 5.40 Å². The third kappa shape index (κ3) is 3.94. The summed E-state index contributed by atoms with van der Waals surface area (Å²) >= 11 is 6.16. The van der Waals surface area contributed by atoms with Crippen molar-refractivity contribution in [2.45, 2.75) is 0 Å². The molecule has 0 spiro atoms. The molecule has 0 saturated heterocycles. The van der Waals surface area contributed by atoms with Crippen LogP contribution in [0.3, 0.4) is 0 Å². The monoisotopic (exact) mass is 425 g/mol. The molecule has 4 rings (SSSR count). The predicted octanol–water partition coefficient (Wildman–Crippen LogP) is 4.38. The molecule has 6 nitrogen and oxygen atoms in total. The first-order valence-corrected chi connectivity index (χ1v) is 8.86. The summed E-state index contributed by atoms with van der Waals surface area (Å²) in [6, 6.07) is 18.7. The number of rotatable bonds is 3. The van der Waals surface area contributed by atoms with Crippen molar-refractivity contribution >= 4 is 63.8 Å². The lowest BCUT2D eigenvalue weighted by Gasteiger charge is -2.08. The molecule has 0 unspecified atom stereocenters. The smallest absolute Gasteiger partial charge is 0.263 e. The Labute approximate surface area is 179 Å². The number of carbonyl (C=O) groups is 1. The summed E-state index contributed by atoms with van der Waals surface area (Å²) in [4.78, 5) is 13.4. The van der Waals surface area contributed by atoms with E-state index in [-0.39, 0.29) is 24.3 Å². The number of nitrogens with zero attached hydrogens (tertiary/aromatic N) is 2. The summed E-state index contributed by atoms with van der Waals surface area (Å²) in [5.74, 6) is -0.302. The summed E-state index contributed by atoms with van der Waals surface area (Å²) < 4.78 is 8.41. The number of hydrogen-bond donors (Lipinski definition) is 3. The van der Waals surface area contributed by atoms with Crippen molar-refractivity contribution in [2.75, 3.05) is 0 Å². The minimum Gasteiger partial charge on any atom is -0.369 e. The lowest BCUT2D eigenvalue weighted by atomic mass is 10.0. The normalized spacial score (nSPS) is 12.2. The van der Waals surface area contributed by atoms with Crippen LogP contribution in [0.15, 0.2) is 72.0 Å². The van der Waals surface area contributed by atoms with Crippen molar-refractivity contribution in [3.63, 3.8) is 0 Å². The fourth-order valence-electron chi connectivity index (χ4n) is 3.21. The molecule has 0 radical (unpaired) electrons. The van der Waals surface area contributed by atoms with Gasteiger partial charge in [0, 0.05) is 27.7 Å². The van der Waals surface area contributed by atoms with Gasteiger partial charge in [-0.2, -0.15) is 5.10 Å². The van der Waals surface area contributed by atoms with Gasteiger partial charge in [0.15, 0.2) is 1.41 Å². The number of hydrazone groups is 1. The quantitative estimate of drug-likeness (QED) is 0.258. The number of nitrogens with two attached hydrogens (primary N) is 1. The van der Waals surface area contributed by atoms with Gasteiger partial charge in [0.1, 0.15) is 0 Å². The van der Waals surface area contributed by atoms with Gasteiger partial charge < -0.3 is 5.73 Å². The molecule has 0 aliphatic heterocycles. The predicted molar refractivity (Wildman–Crippen MR) is 121 cm³/mol. The number of benzene rings is 3. The molecule has 3 aromatic carbocycles. The van der Waals surface area contributed by atoms with E-state index in [0.717, 1.165) is 16.2 Å². The van der Waals surface area contributed by atoms with Crippen LogP contribution in [0.25, 0.3) is 21.7 Å². The third-order valence-corrected chi connectivity index (χ3v) is 4.65. The van der Waals surface area contributed by atoms with Gasteiger partial charge in [-0.15, -0.1) is 12.4 Å². The Morgan fingerprint density at radius 3 is 2.79 bits per heavy atom. The van der Waals surface area contributed by atoms with Gasteiger partial charge in [0.25, 0.3) is 5.91 Å². The Hall–Kier alpha value is -3.35. The molecular weight excluding hydrogens is 409 g/mol. The van der Waals surface area contributed by atoms with Crippen LogP contribution in [0.4, 0.5) is 0 Å². The SMILES string of the molecule is Cl.[H]/N=C(\N)NN=Cc1cn(C(=O)c2cccc3ccccc23)c2ccc(Cl)cc12. The molecule has 0 fully saturated rings. The van der Waals surface area contributed by atoms with E-state index >= 15 is 0 Å². The van der Waals surface area contributed by atoms with Gasteiger partial charge in [0.2, 0.25) is 5.96 Å². The average molecular weight is 426 g/mol. The Bertz CT molecular complexity index is 1290. The molecule has 0 aliphatic rings. The number of halogens is 2. The minimum atomic E-state index is -0.158. The lowest BCUT2D eigenvalue weighted by Crippen LogP contribution is -2.25. The molecule has 1 heterocycles. The second-order valence-electron chi connectivity index (χ2n) is 6.20. The largest absolute Gasteiger partial charge is 0.369 e. The van der Waals surface area contributed by atoms with E-state index in [2.05, 4.69) is 15.9 Å². The molecule has 8 heteroatoms. The first kappa shape index (κ1) is 19.0. The fourth-order valence-corrected chi connectivity index (χ4v) is 3.38. The number of guanidine groups is 1. The van der Waals surface area contributed by atoms with Crippen LogP contribution in [0.2, 0.25) is 6.43 Å². The van der Waals surface area contributed by atoms with E-state index < -0.39 is 0 Å². The highest BCUT2D eigenvalue weighted by Gasteiger charge is 2.17. The molecule has 29 heavy (non-hydrogen) atoms. The highest BCUT2D eigenvalue weighted by molar-refractivity contribution is 6.31. The topological polar surface area (TPSA) is 96.3 Å². The highest BCUT2D eigenvalue weighted by Crippen LogP contribution is 2.27. The lowest BCUT2D eigenvalue weighted by molar-refractivity contribution is 0.0966. The standard InChI is InChI=1S/C21H16ClN5O.ClH/c22-15-8-9-19-18(10-15)14(11-25-26-21(23)24)12-27(19)20(28)17-7-3-5-13-4-1-2-6-16(13)17;/h1-12H,(H4,23,24,26);1H. The van der Waals surface area contributed by atoms with Gasteiger partial charge in [-0.05, 0) is 35.0 Å². The van der Waals surface area contributed by atoms with E-state index in [4.69, 9.17) is 18.7 Å². The molecular formula is C21H17Cl2N5O. The maximum atomic E-state index is 13.4. The maximum absolute atomic E-state index is 13.4. The van der Waals surface area contributed by atoms with Crippen LogP contribution < -0.4 is 11.2 Å². The summed E-state index contributed by atoms with van der Waals surface area (Å²) in [7, 11) is 0. The third-order valence-electron chi connectivity index (χ3n) is 4.42. The van der Waals surface area contributed by atoms with Crippen molar-refractivity contribution in [3.05, 3.63) is 83.0 Å². The maximum Gasteiger partial charge on any atom is 0.263 e. The van der Waals surface area contributed by atoms with Gasteiger partial charge in [-0.3, -0.25) is 14.8 Å².